The molecule has 1 atom stereocenters. The van der Waals surface area contributed by atoms with Crippen molar-refractivity contribution in [3.63, 3.8) is 0 Å². The number of aromatic nitrogens is 7. The molecule has 0 aliphatic carbocycles. The average molecular weight is 659 g/mol. The molecular weight excluding hydrogens is 635 g/mol. The van der Waals surface area contributed by atoms with E-state index in [9.17, 15) is 31.5 Å². The summed E-state index contributed by atoms with van der Waals surface area (Å²) in [5, 5.41) is 19.1. The molecular formula is C25H24ClF5N10O2S. The minimum Gasteiger partial charge on any atom is -0.399 e. The van der Waals surface area contributed by atoms with Crippen LogP contribution in [0.3, 0.4) is 0 Å². The monoisotopic (exact) mass is 658 g/mol. The maximum absolute atomic E-state index is 13.7. The van der Waals surface area contributed by atoms with Crippen LogP contribution in [0.1, 0.15) is 44.9 Å². The summed E-state index contributed by atoms with van der Waals surface area (Å²) in [6.07, 6.45) is -2.68. The Balaban J connectivity index is 1.71. The van der Waals surface area contributed by atoms with Gasteiger partial charge in [-0.3, -0.25) is 9.59 Å². The van der Waals surface area contributed by atoms with Crippen molar-refractivity contribution in [2.24, 2.45) is 0 Å². The molecule has 0 aliphatic heterocycles. The highest BCUT2D eigenvalue weighted by Gasteiger charge is 2.62. The van der Waals surface area contributed by atoms with Crippen molar-refractivity contribution in [1.29, 1.82) is 0 Å². The van der Waals surface area contributed by atoms with E-state index in [1.165, 1.54) is 42.2 Å². The molecule has 2 amide bonds. The van der Waals surface area contributed by atoms with E-state index < -0.39 is 36.3 Å². The van der Waals surface area contributed by atoms with Gasteiger partial charge in [0.05, 0.1) is 22.0 Å². The number of thioether (sulfide) groups is 1. The number of tetrazole rings is 1. The lowest BCUT2D eigenvalue weighted by atomic mass is 10.0. The van der Waals surface area contributed by atoms with Crippen LogP contribution in [0.25, 0.3) is 5.82 Å². The number of carbonyl (C=O) groups excluding carboxylic acids is 2. The maximum Gasteiger partial charge on any atom is 0.461 e. The van der Waals surface area contributed by atoms with Crippen molar-refractivity contribution in [3.05, 3.63) is 69.9 Å². The number of nitrogens with one attached hydrogen (secondary N) is 2. The van der Waals surface area contributed by atoms with Gasteiger partial charge in [-0.2, -0.15) is 43.6 Å². The molecule has 0 bridgehead atoms. The molecule has 4 N–H and O–H groups in total. The molecule has 12 nitrogen and oxygen atoms in total. The second-order valence-electron chi connectivity index (χ2n) is 9.50. The lowest BCUT2D eigenvalue weighted by Crippen LogP contribution is -2.35. The molecule has 1 aromatic carbocycles. The second-order valence-corrected chi connectivity index (χ2v) is 10.8. The van der Waals surface area contributed by atoms with Gasteiger partial charge in [-0.15, -0.1) is 10.2 Å². The largest absolute Gasteiger partial charge is 0.461 e. The molecule has 0 saturated carbocycles. The van der Waals surface area contributed by atoms with Crippen LogP contribution in [0.2, 0.25) is 5.02 Å². The molecule has 234 valence electrons. The molecule has 19 heteroatoms. The fraction of sp³-hybridized carbons (Fsp3) is 0.320. The summed E-state index contributed by atoms with van der Waals surface area (Å²) in [5.41, 5.74) is 6.75. The number of alkyl halides is 5. The van der Waals surface area contributed by atoms with E-state index in [0.29, 0.717) is 16.1 Å². The van der Waals surface area contributed by atoms with Crippen molar-refractivity contribution < 1.29 is 31.5 Å². The van der Waals surface area contributed by atoms with E-state index in [2.05, 4.69) is 36.1 Å². The van der Waals surface area contributed by atoms with Crippen LogP contribution >= 0.6 is 23.4 Å². The van der Waals surface area contributed by atoms with Gasteiger partial charge in [0.15, 0.2) is 5.82 Å². The Kier molecular flexibility index (Phi) is 9.43. The zero-order valence-electron chi connectivity index (χ0n) is 23.2. The van der Waals surface area contributed by atoms with Gasteiger partial charge >= 0.3 is 12.1 Å². The molecule has 0 spiro atoms. The zero-order chi connectivity index (χ0) is 32.4. The first-order chi connectivity index (χ1) is 20.6. The number of aryl methyl sites for hydroxylation is 1. The third-order valence-electron chi connectivity index (χ3n) is 5.96. The van der Waals surface area contributed by atoms with Gasteiger partial charge in [-0.05, 0) is 61.2 Å². The van der Waals surface area contributed by atoms with Crippen LogP contribution < -0.4 is 16.4 Å². The van der Waals surface area contributed by atoms with Gasteiger partial charge in [-0.25, -0.2) is 9.67 Å². The van der Waals surface area contributed by atoms with Gasteiger partial charge < -0.3 is 16.4 Å². The lowest BCUT2D eigenvalue weighted by molar-refractivity contribution is -0.292. The number of nitrogens with zero attached hydrogens (tertiary/aromatic N) is 7. The second kappa shape index (κ2) is 12.7. The van der Waals surface area contributed by atoms with Crippen molar-refractivity contribution in [3.8, 4) is 5.82 Å². The minimum absolute atomic E-state index is 0.000653. The van der Waals surface area contributed by atoms with E-state index in [1.807, 2.05) is 13.2 Å². The minimum atomic E-state index is -5.94. The van der Waals surface area contributed by atoms with Gasteiger partial charge in [0.25, 0.3) is 17.6 Å². The maximum atomic E-state index is 13.7. The van der Waals surface area contributed by atoms with Crippen molar-refractivity contribution >= 4 is 46.6 Å². The number of amides is 2. The normalized spacial score (nSPS) is 12.7. The molecule has 0 fully saturated rings. The number of rotatable bonds is 10. The van der Waals surface area contributed by atoms with E-state index in [0.717, 1.165) is 4.68 Å². The van der Waals surface area contributed by atoms with Crippen LogP contribution in [-0.2, 0) is 12.5 Å². The predicted octanol–water partition coefficient (Wildman–Crippen LogP) is 4.23. The first-order valence-corrected chi connectivity index (χ1v) is 14.3. The van der Waals surface area contributed by atoms with Crippen molar-refractivity contribution in [2.75, 3.05) is 23.1 Å². The molecule has 4 rings (SSSR count). The Morgan fingerprint density at radius 2 is 1.86 bits per heavy atom. The Hall–Kier alpha value is -4.32. The number of hydrogen-bond donors (Lipinski definition) is 3. The Labute approximate surface area is 255 Å². The third-order valence-corrected chi connectivity index (χ3v) is 7.09. The standard InChI is InChI=1S/C25H24ClF5N10O2S/c1-12-7-14(32)8-16(21(42)34-13(2)11-44-3)19(12)35-22(43)18-9-15(37-41(18)20-17(26)5-4-6-33-20)10-40-38-23(36-39-40)24(27,28)25(29,30)31/h4-9,13H,10-11,32H2,1-3H3,(H,34,42)(H,35,43)/t13-/m0/s1. The van der Waals surface area contributed by atoms with E-state index >= 15 is 0 Å². The van der Waals surface area contributed by atoms with Crippen LogP contribution in [0.4, 0.5) is 33.3 Å². The molecule has 4 aromatic rings. The highest BCUT2D eigenvalue weighted by atomic mass is 35.5. The summed E-state index contributed by atoms with van der Waals surface area (Å²) in [7, 11) is 0. The third kappa shape index (κ3) is 6.91. The smallest absolute Gasteiger partial charge is 0.399 e. The number of pyridine rings is 1. The highest BCUT2D eigenvalue weighted by Crippen LogP contribution is 2.41. The fourth-order valence-corrected chi connectivity index (χ4v) is 4.79. The summed E-state index contributed by atoms with van der Waals surface area (Å²) in [5.74, 6) is -7.84. The summed E-state index contributed by atoms with van der Waals surface area (Å²) in [4.78, 5) is 31.4. The number of hydrogen-bond acceptors (Lipinski definition) is 9. The molecule has 0 unspecified atom stereocenters. The summed E-state index contributed by atoms with van der Waals surface area (Å²) < 4.78 is 66.7. The summed E-state index contributed by atoms with van der Waals surface area (Å²) >= 11 is 7.83. The number of benzene rings is 1. The van der Waals surface area contributed by atoms with Crippen molar-refractivity contribution in [2.45, 2.75) is 38.5 Å². The molecule has 0 aliphatic rings. The topological polar surface area (TPSA) is 159 Å². The van der Waals surface area contributed by atoms with Crippen LogP contribution in [0, 0.1) is 6.92 Å². The van der Waals surface area contributed by atoms with E-state index in [-0.39, 0.29) is 45.2 Å². The van der Waals surface area contributed by atoms with Crippen LogP contribution in [0.5, 0.6) is 0 Å². The number of nitrogens with two attached hydrogens (primary N) is 1. The molecule has 44 heavy (non-hydrogen) atoms. The first-order valence-electron chi connectivity index (χ1n) is 12.6. The highest BCUT2D eigenvalue weighted by molar-refractivity contribution is 7.98. The first kappa shape index (κ1) is 32.6. The summed E-state index contributed by atoms with van der Waals surface area (Å²) in [6, 6.07) is 6.98. The number of nitrogen functional groups attached to an aromatic ring is 1. The van der Waals surface area contributed by atoms with Gasteiger partial charge in [0.2, 0.25) is 0 Å². The zero-order valence-corrected chi connectivity index (χ0v) is 24.7. The van der Waals surface area contributed by atoms with Crippen molar-refractivity contribution in [1.82, 2.24) is 40.3 Å². The molecule has 3 aromatic heterocycles. The quantitative estimate of drug-likeness (QED) is 0.167. The SMILES string of the molecule is CSC[C@H](C)NC(=O)c1cc(N)cc(C)c1NC(=O)c1cc(Cn2nnc(C(F)(F)C(F)(F)F)n2)nn1-c1ncccc1Cl. The van der Waals surface area contributed by atoms with Gasteiger partial charge in [0, 0.05) is 23.7 Å². The predicted molar refractivity (Wildman–Crippen MR) is 152 cm³/mol. The fourth-order valence-electron chi connectivity index (χ4n) is 4.00. The Morgan fingerprint density at radius 3 is 2.52 bits per heavy atom. The number of carbonyl (C=O) groups is 2. The Bertz CT molecular complexity index is 1690. The van der Waals surface area contributed by atoms with E-state index in [4.69, 9.17) is 17.3 Å². The van der Waals surface area contributed by atoms with Crippen LogP contribution in [-0.4, -0.2) is 71.0 Å². The Morgan fingerprint density at radius 1 is 1.14 bits per heavy atom. The summed E-state index contributed by atoms with van der Waals surface area (Å²) in [6.45, 7) is 2.90. The lowest BCUT2D eigenvalue weighted by Gasteiger charge is -2.18. The van der Waals surface area contributed by atoms with Gasteiger partial charge in [-0.1, -0.05) is 11.6 Å². The van der Waals surface area contributed by atoms with Gasteiger partial charge in [0.1, 0.15) is 12.2 Å². The van der Waals surface area contributed by atoms with E-state index in [1.54, 1.807) is 13.0 Å². The number of anilines is 2. The number of halogens is 6. The average Bonchev–Trinajstić information content (AvgIpc) is 3.57. The molecule has 3 heterocycles. The van der Waals surface area contributed by atoms with Crippen LogP contribution in [0.15, 0.2) is 36.5 Å². The molecule has 0 saturated heterocycles. The molecule has 0 radical (unpaired) electrons.